The number of fused-ring (bicyclic) bond motifs is 2. The van der Waals surface area contributed by atoms with E-state index in [1.807, 2.05) is 31.2 Å². The van der Waals surface area contributed by atoms with Gasteiger partial charge in [-0.2, -0.15) is 0 Å². The Hall–Kier alpha value is -2.86. The first-order valence-corrected chi connectivity index (χ1v) is 8.85. The number of hydrogen-bond donors (Lipinski definition) is 2. The van der Waals surface area contributed by atoms with E-state index in [-0.39, 0.29) is 5.43 Å². The average molecular weight is 350 g/mol. The summed E-state index contributed by atoms with van der Waals surface area (Å²) in [5.41, 5.74) is 3.41. The van der Waals surface area contributed by atoms with E-state index in [4.69, 9.17) is 4.74 Å². The highest BCUT2D eigenvalue weighted by Gasteiger charge is 2.18. The SMILES string of the molecule is CCNCCNc1ccc2nc(C)n3c4ccc(OC)cc4c(=O)c1c23. The third kappa shape index (κ3) is 2.45. The number of nitrogens with one attached hydrogen (secondary N) is 2. The molecule has 134 valence electrons. The predicted molar refractivity (Wildman–Crippen MR) is 106 cm³/mol. The topological polar surface area (TPSA) is 67.7 Å². The van der Waals surface area contributed by atoms with E-state index in [0.717, 1.165) is 47.7 Å². The Morgan fingerprint density at radius 2 is 2.04 bits per heavy atom. The third-order valence-corrected chi connectivity index (χ3v) is 4.77. The first kappa shape index (κ1) is 16.6. The molecule has 0 spiro atoms. The van der Waals surface area contributed by atoms with E-state index in [0.29, 0.717) is 16.5 Å². The second-order valence-corrected chi connectivity index (χ2v) is 6.34. The van der Waals surface area contributed by atoms with E-state index in [2.05, 4.69) is 26.9 Å². The van der Waals surface area contributed by atoms with E-state index in [9.17, 15) is 4.79 Å². The molecule has 0 saturated heterocycles. The maximum atomic E-state index is 13.3. The van der Waals surface area contributed by atoms with Gasteiger partial charge in [0, 0.05) is 18.8 Å². The van der Waals surface area contributed by atoms with E-state index in [1.165, 1.54) is 0 Å². The first-order chi connectivity index (χ1) is 12.7. The molecule has 4 aromatic rings. The van der Waals surface area contributed by atoms with Crippen molar-refractivity contribution < 1.29 is 4.74 Å². The Morgan fingerprint density at radius 3 is 2.81 bits per heavy atom. The molecule has 2 aromatic carbocycles. The summed E-state index contributed by atoms with van der Waals surface area (Å²) >= 11 is 0. The fourth-order valence-corrected chi connectivity index (χ4v) is 3.57. The van der Waals surface area contributed by atoms with Crippen molar-refractivity contribution in [2.24, 2.45) is 0 Å². The highest BCUT2D eigenvalue weighted by atomic mass is 16.5. The summed E-state index contributed by atoms with van der Waals surface area (Å²) < 4.78 is 7.39. The highest BCUT2D eigenvalue weighted by molar-refractivity contribution is 6.07. The molecule has 0 unspecified atom stereocenters. The van der Waals surface area contributed by atoms with Gasteiger partial charge in [0.1, 0.15) is 11.6 Å². The number of pyridine rings is 1. The lowest BCUT2D eigenvalue weighted by Gasteiger charge is -2.12. The summed E-state index contributed by atoms with van der Waals surface area (Å²) in [7, 11) is 1.61. The molecule has 26 heavy (non-hydrogen) atoms. The number of aryl methyl sites for hydroxylation is 1. The largest absolute Gasteiger partial charge is 0.497 e. The molecular weight excluding hydrogens is 328 g/mol. The minimum Gasteiger partial charge on any atom is -0.497 e. The van der Waals surface area contributed by atoms with Crippen LogP contribution in [-0.2, 0) is 0 Å². The van der Waals surface area contributed by atoms with Crippen LogP contribution in [0.2, 0.25) is 0 Å². The zero-order chi connectivity index (χ0) is 18.3. The van der Waals surface area contributed by atoms with Crippen molar-refractivity contribution in [3.8, 4) is 5.75 Å². The van der Waals surface area contributed by atoms with Crippen molar-refractivity contribution in [1.82, 2.24) is 14.7 Å². The minimum atomic E-state index is 0.00264. The number of rotatable bonds is 6. The summed E-state index contributed by atoms with van der Waals surface area (Å²) in [6.07, 6.45) is 0. The quantitative estimate of drug-likeness (QED) is 0.413. The molecule has 0 radical (unpaired) electrons. The number of methoxy groups -OCH3 is 1. The highest BCUT2D eigenvalue weighted by Crippen LogP contribution is 2.31. The molecule has 0 aliphatic rings. The molecule has 0 amide bonds. The number of ether oxygens (including phenoxy) is 1. The lowest BCUT2D eigenvalue weighted by atomic mass is 10.1. The van der Waals surface area contributed by atoms with Crippen LogP contribution in [0.3, 0.4) is 0 Å². The van der Waals surface area contributed by atoms with Crippen LogP contribution in [0.5, 0.6) is 5.75 Å². The van der Waals surface area contributed by atoms with Crippen LogP contribution >= 0.6 is 0 Å². The van der Waals surface area contributed by atoms with Crippen LogP contribution < -0.4 is 20.8 Å². The maximum absolute atomic E-state index is 13.3. The van der Waals surface area contributed by atoms with Crippen LogP contribution in [0.25, 0.3) is 27.3 Å². The maximum Gasteiger partial charge on any atom is 0.199 e. The second-order valence-electron chi connectivity index (χ2n) is 6.34. The number of likely N-dealkylation sites (N-methyl/N-ethyl adjacent to an activating group) is 1. The summed E-state index contributed by atoms with van der Waals surface area (Å²) in [5.74, 6) is 1.54. The fraction of sp³-hybridized carbons (Fsp3) is 0.300. The van der Waals surface area contributed by atoms with E-state index < -0.39 is 0 Å². The number of anilines is 1. The molecule has 0 aliphatic carbocycles. The van der Waals surface area contributed by atoms with E-state index >= 15 is 0 Å². The van der Waals surface area contributed by atoms with Crippen LogP contribution in [0.15, 0.2) is 35.1 Å². The molecule has 2 aromatic heterocycles. The Labute approximate surface area is 151 Å². The van der Waals surface area contributed by atoms with E-state index in [1.54, 1.807) is 13.2 Å². The lowest BCUT2D eigenvalue weighted by Crippen LogP contribution is -2.22. The van der Waals surface area contributed by atoms with Gasteiger partial charge in [-0.15, -0.1) is 0 Å². The number of nitrogens with zero attached hydrogens (tertiary/aromatic N) is 2. The molecule has 2 heterocycles. The molecule has 0 aliphatic heterocycles. The lowest BCUT2D eigenvalue weighted by molar-refractivity contribution is 0.415. The van der Waals surface area contributed by atoms with Gasteiger partial charge >= 0.3 is 0 Å². The van der Waals surface area contributed by atoms with Crippen molar-refractivity contribution in [3.05, 3.63) is 46.4 Å². The van der Waals surface area contributed by atoms with Gasteiger partial charge in [-0.3, -0.25) is 9.20 Å². The summed E-state index contributed by atoms with van der Waals surface area (Å²) in [6, 6.07) is 9.53. The van der Waals surface area contributed by atoms with Crippen LogP contribution in [-0.4, -0.2) is 36.1 Å². The third-order valence-electron chi connectivity index (χ3n) is 4.77. The Bertz CT molecular complexity index is 1150. The smallest absolute Gasteiger partial charge is 0.199 e. The molecule has 0 saturated carbocycles. The summed E-state index contributed by atoms with van der Waals surface area (Å²) in [4.78, 5) is 18.0. The van der Waals surface area contributed by atoms with Crippen LogP contribution in [0.4, 0.5) is 5.69 Å². The predicted octanol–water partition coefficient (Wildman–Crippen LogP) is 2.78. The fourth-order valence-electron chi connectivity index (χ4n) is 3.57. The van der Waals surface area contributed by atoms with Crippen molar-refractivity contribution >= 4 is 33.0 Å². The zero-order valence-corrected chi connectivity index (χ0v) is 15.2. The van der Waals surface area contributed by atoms with Gasteiger partial charge in [-0.25, -0.2) is 4.98 Å². The van der Waals surface area contributed by atoms with Crippen molar-refractivity contribution in [1.29, 1.82) is 0 Å². The van der Waals surface area contributed by atoms with Gasteiger partial charge in [0.15, 0.2) is 5.43 Å². The van der Waals surface area contributed by atoms with Gasteiger partial charge in [0.25, 0.3) is 0 Å². The van der Waals surface area contributed by atoms with Gasteiger partial charge in [0.05, 0.1) is 34.4 Å². The molecular formula is C20H22N4O2. The van der Waals surface area contributed by atoms with Crippen LogP contribution in [0.1, 0.15) is 12.7 Å². The Morgan fingerprint density at radius 1 is 1.19 bits per heavy atom. The second kappa shape index (κ2) is 6.46. The molecule has 2 N–H and O–H groups in total. The average Bonchev–Trinajstić information content (AvgIpc) is 2.99. The molecule has 4 rings (SSSR count). The molecule has 0 bridgehead atoms. The van der Waals surface area contributed by atoms with Gasteiger partial charge in [0.2, 0.25) is 0 Å². The normalized spacial score (nSPS) is 11.7. The van der Waals surface area contributed by atoms with Gasteiger partial charge in [-0.1, -0.05) is 6.92 Å². The standard InChI is InChI=1S/C20H22N4O2/c1-4-21-9-10-22-15-6-7-16-19-18(15)20(25)14-11-13(26-3)5-8-17(14)24(19)12(2)23-16/h5-8,11,21-22H,4,9-10H2,1-3H3. The number of benzene rings is 2. The molecule has 6 nitrogen and oxygen atoms in total. The van der Waals surface area contributed by atoms with Gasteiger partial charge in [-0.05, 0) is 43.8 Å². The van der Waals surface area contributed by atoms with Crippen molar-refractivity contribution in [3.63, 3.8) is 0 Å². The monoisotopic (exact) mass is 350 g/mol. The molecule has 0 fully saturated rings. The summed E-state index contributed by atoms with van der Waals surface area (Å²) in [6.45, 7) is 6.55. The Balaban J connectivity index is 2.02. The first-order valence-electron chi connectivity index (χ1n) is 8.85. The van der Waals surface area contributed by atoms with Crippen molar-refractivity contribution in [2.75, 3.05) is 32.1 Å². The zero-order valence-electron chi connectivity index (χ0n) is 15.2. The number of imidazole rings is 1. The Kier molecular flexibility index (Phi) is 4.12. The minimum absolute atomic E-state index is 0.00264. The molecule has 6 heteroatoms. The van der Waals surface area contributed by atoms with Gasteiger partial charge < -0.3 is 15.4 Å². The van der Waals surface area contributed by atoms with Crippen LogP contribution in [0, 0.1) is 6.92 Å². The molecule has 0 atom stereocenters. The summed E-state index contributed by atoms with van der Waals surface area (Å²) in [5, 5.41) is 8.00. The number of aromatic nitrogens is 2. The number of hydrogen-bond acceptors (Lipinski definition) is 5. The van der Waals surface area contributed by atoms with Crippen molar-refractivity contribution in [2.45, 2.75) is 13.8 Å².